The van der Waals surface area contributed by atoms with E-state index in [9.17, 15) is 9.59 Å². The summed E-state index contributed by atoms with van der Waals surface area (Å²) >= 11 is 12.7. The fraction of sp³-hybridized carbons (Fsp3) is 0.103. The van der Waals surface area contributed by atoms with Crippen molar-refractivity contribution in [2.45, 2.75) is 17.9 Å². The maximum absolute atomic E-state index is 14.4. The molecule has 4 aromatic carbocycles. The number of carbonyl (C=O) groups is 2. The predicted molar refractivity (Wildman–Crippen MR) is 140 cm³/mol. The molecule has 0 saturated heterocycles. The van der Waals surface area contributed by atoms with Crippen LogP contribution in [0.4, 0.5) is 0 Å². The molecule has 0 aliphatic rings. The lowest BCUT2D eigenvalue weighted by molar-refractivity contribution is -0.129. The average molecular weight is 503 g/mol. The number of carbonyl (C=O) groups excluding carboxylic acids is 2. The number of rotatable bonds is 8. The molecule has 35 heavy (non-hydrogen) atoms. The first-order valence-electron chi connectivity index (χ1n) is 11.1. The zero-order valence-electron chi connectivity index (χ0n) is 18.8. The highest BCUT2D eigenvalue weighted by molar-refractivity contribution is 6.36. The number of hydrogen-bond acceptors (Lipinski definition) is 2. The third-order valence-corrected chi connectivity index (χ3v) is 6.79. The summed E-state index contributed by atoms with van der Waals surface area (Å²) in [5.74, 6) is -1.06. The van der Waals surface area contributed by atoms with E-state index in [2.05, 4.69) is 5.32 Å². The van der Waals surface area contributed by atoms with E-state index < -0.39 is 17.4 Å². The van der Waals surface area contributed by atoms with Crippen LogP contribution in [-0.4, -0.2) is 17.9 Å². The van der Waals surface area contributed by atoms with Gasteiger partial charge in [-0.1, -0.05) is 120 Å². The molecule has 3 N–H and O–H groups in total. The second-order valence-corrected chi connectivity index (χ2v) is 9.00. The van der Waals surface area contributed by atoms with Gasteiger partial charge in [-0.25, -0.2) is 0 Å². The normalized spacial score (nSPS) is 12.1. The molecule has 0 saturated carbocycles. The lowest BCUT2D eigenvalue weighted by atomic mass is 9.68. The first kappa shape index (κ1) is 24.5. The number of halogens is 2. The van der Waals surface area contributed by atoms with Crippen molar-refractivity contribution >= 4 is 35.0 Å². The van der Waals surface area contributed by atoms with E-state index in [1.165, 1.54) is 0 Å². The molecule has 0 unspecified atom stereocenters. The Morgan fingerprint density at radius 1 is 0.686 bits per heavy atom. The Labute approximate surface area is 214 Å². The fourth-order valence-corrected chi connectivity index (χ4v) is 4.93. The van der Waals surface area contributed by atoms with Gasteiger partial charge in [0.25, 0.3) is 0 Å². The number of primary amides is 1. The Morgan fingerprint density at radius 3 is 1.46 bits per heavy atom. The summed E-state index contributed by atoms with van der Waals surface area (Å²) in [4.78, 5) is 26.9. The van der Waals surface area contributed by atoms with Gasteiger partial charge in [-0.3, -0.25) is 9.59 Å². The molecule has 0 bridgehead atoms. The number of hydrogen-bond donors (Lipinski definition) is 2. The van der Waals surface area contributed by atoms with Gasteiger partial charge in [-0.15, -0.1) is 0 Å². The van der Waals surface area contributed by atoms with Crippen molar-refractivity contribution in [2.24, 2.45) is 5.73 Å². The molecule has 176 valence electrons. The minimum absolute atomic E-state index is 0.0635. The minimum atomic E-state index is -1.23. The van der Waals surface area contributed by atoms with Crippen LogP contribution in [0, 0.1) is 0 Å². The molecule has 6 heteroatoms. The van der Waals surface area contributed by atoms with Crippen LogP contribution in [0.2, 0.25) is 10.0 Å². The highest BCUT2D eigenvalue weighted by atomic mass is 35.5. The molecule has 0 spiro atoms. The van der Waals surface area contributed by atoms with E-state index in [0.717, 1.165) is 16.7 Å². The standard InChI is InChI=1S/C29H24Cl2N2O2/c30-24-17-10-18-25(31)23(24)19-26(27(32)34)33-28(35)29(20-11-4-1-5-12-20,21-13-6-2-7-14-21)22-15-8-3-9-16-22/h1-18,26H,19H2,(H2,32,34)(H,33,35)/t26-/m1/s1. The van der Waals surface area contributed by atoms with Crippen molar-refractivity contribution in [2.75, 3.05) is 0 Å². The summed E-state index contributed by atoms with van der Waals surface area (Å²) in [6.07, 6.45) is 0.0635. The summed E-state index contributed by atoms with van der Waals surface area (Å²) in [7, 11) is 0. The van der Waals surface area contributed by atoms with Crippen molar-refractivity contribution < 1.29 is 9.59 Å². The van der Waals surface area contributed by atoms with E-state index in [4.69, 9.17) is 28.9 Å². The van der Waals surface area contributed by atoms with Crippen molar-refractivity contribution in [1.82, 2.24) is 5.32 Å². The van der Waals surface area contributed by atoms with Crippen molar-refractivity contribution in [1.29, 1.82) is 0 Å². The van der Waals surface area contributed by atoms with E-state index >= 15 is 0 Å². The van der Waals surface area contributed by atoms with Crippen LogP contribution in [0.3, 0.4) is 0 Å². The van der Waals surface area contributed by atoms with E-state index in [1.54, 1.807) is 18.2 Å². The molecule has 4 rings (SSSR count). The maximum atomic E-state index is 14.4. The quantitative estimate of drug-likeness (QED) is 0.310. The van der Waals surface area contributed by atoms with Gasteiger partial charge < -0.3 is 11.1 Å². The highest BCUT2D eigenvalue weighted by Gasteiger charge is 2.44. The van der Waals surface area contributed by atoms with Crippen molar-refractivity contribution in [3.8, 4) is 0 Å². The van der Waals surface area contributed by atoms with E-state index in [1.807, 2.05) is 91.0 Å². The van der Waals surface area contributed by atoms with E-state index in [0.29, 0.717) is 15.6 Å². The first-order valence-corrected chi connectivity index (χ1v) is 11.9. The minimum Gasteiger partial charge on any atom is -0.368 e. The van der Waals surface area contributed by atoms with Gasteiger partial charge in [0, 0.05) is 16.5 Å². The lowest BCUT2D eigenvalue weighted by Gasteiger charge is -2.35. The topological polar surface area (TPSA) is 72.2 Å². The zero-order valence-corrected chi connectivity index (χ0v) is 20.3. The molecule has 1 atom stereocenters. The number of nitrogens with two attached hydrogens (primary N) is 1. The Kier molecular flexibility index (Phi) is 7.54. The largest absolute Gasteiger partial charge is 0.368 e. The number of benzene rings is 4. The zero-order chi connectivity index (χ0) is 24.8. The number of amides is 2. The van der Waals surface area contributed by atoms with Crippen molar-refractivity contribution in [3.63, 3.8) is 0 Å². The summed E-state index contributed by atoms with van der Waals surface area (Å²) in [6.45, 7) is 0. The van der Waals surface area contributed by atoms with Gasteiger partial charge >= 0.3 is 0 Å². The van der Waals surface area contributed by atoms with Crippen LogP contribution < -0.4 is 11.1 Å². The first-order chi connectivity index (χ1) is 16.9. The molecule has 4 nitrogen and oxygen atoms in total. The summed E-state index contributed by atoms with van der Waals surface area (Å²) in [6, 6.07) is 32.5. The van der Waals surface area contributed by atoms with Crippen LogP contribution in [-0.2, 0) is 21.4 Å². The SMILES string of the molecule is NC(=O)[C@@H](Cc1c(Cl)cccc1Cl)NC(=O)C(c1ccccc1)(c1ccccc1)c1ccccc1. The molecular weight excluding hydrogens is 479 g/mol. The van der Waals surface area contributed by atoms with Gasteiger partial charge in [0.1, 0.15) is 11.5 Å². The van der Waals surface area contributed by atoms with Crippen LogP contribution in [0.1, 0.15) is 22.3 Å². The van der Waals surface area contributed by atoms with Crippen molar-refractivity contribution in [3.05, 3.63) is 141 Å². The molecule has 2 amide bonds. The molecule has 4 aromatic rings. The van der Waals surface area contributed by atoms with E-state index in [-0.39, 0.29) is 12.3 Å². The van der Waals surface area contributed by atoms with Crippen LogP contribution in [0.25, 0.3) is 0 Å². The Balaban J connectivity index is 1.86. The maximum Gasteiger partial charge on any atom is 0.240 e. The molecule has 0 radical (unpaired) electrons. The van der Waals surface area contributed by atoms with Gasteiger partial charge in [-0.2, -0.15) is 0 Å². The number of nitrogens with one attached hydrogen (secondary N) is 1. The molecule has 0 aliphatic heterocycles. The molecule has 0 aromatic heterocycles. The summed E-state index contributed by atoms with van der Waals surface area (Å²) < 4.78 is 0. The third kappa shape index (κ3) is 4.95. The van der Waals surface area contributed by atoms with Crippen LogP contribution in [0.5, 0.6) is 0 Å². The summed E-state index contributed by atoms with van der Waals surface area (Å²) in [5.41, 5.74) is 7.34. The second kappa shape index (κ2) is 10.8. The lowest BCUT2D eigenvalue weighted by Crippen LogP contribution is -2.54. The highest BCUT2D eigenvalue weighted by Crippen LogP contribution is 2.40. The van der Waals surface area contributed by atoms with Gasteiger partial charge in [0.15, 0.2) is 0 Å². The van der Waals surface area contributed by atoms with Gasteiger partial charge in [0.05, 0.1) is 0 Å². The molecular formula is C29H24Cl2N2O2. The van der Waals surface area contributed by atoms with Gasteiger partial charge in [-0.05, 0) is 34.4 Å². The smallest absolute Gasteiger partial charge is 0.240 e. The Bertz CT molecular complexity index is 1200. The Morgan fingerprint density at radius 2 is 1.09 bits per heavy atom. The summed E-state index contributed by atoms with van der Waals surface area (Å²) in [5, 5.41) is 3.73. The monoisotopic (exact) mass is 502 g/mol. The van der Waals surface area contributed by atoms with Crippen LogP contribution >= 0.6 is 23.2 Å². The molecule has 0 aliphatic carbocycles. The van der Waals surface area contributed by atoms with Crippen LogP contribution in [0.15, 0.2) is 109 Å². The van der Waals surface area contributed by atoms with Gasteiger partial charge in [0.2, 0.25) is 11.8 Å². The molecule has 0 heterocycles. The average Bonchev–Trinajstić information content (AvgIpc) is 2.88. The molecule has 0 fully saturated rings. The second-order valence-electron chi connectivity index (χ2n) is 8.18. The predicted octanol–water partition coefficient (Wildman–Crippen LogP) is 5.54. The Hall–Kier alpha value is -3.60. The third-order valence-electron chi connectivity index (χ3n) is 6.08. The fourth-order valence-electron chi connectivity index (χ4n) is 4.38.